The molecule has 1 N–H and O–H groups in total. The number of carbonyl (C=O) groups excluding carboxylic acids is 1. The number of amides is 1. The van der Waals surface area contributed by atoms with Gasteiger partial charge in [0.2, 0.25) is 5.91 Å². The summed E-state index contributed by atoms with van der Waals surface area (Å²) in [7, 11) is 0. The number of rotatable bonds is 5. The van der Waals surface area contributed by atoms with Crippen molar-refractivity contribution in [3.63, 3.8) is 0 Å². The molecule has 0 spiro atoms. The second-order valence-corrected chi connectivity index (χ2v) is 6.45. The Morgan fingerprint density at radius 1 is 1.33 bits per heavy atom. The molecule has 7 heteroatoms. The number of hydrogen-bond donors (Lipinski definition) is 1. The van der Waals surface area contributed by atoms with Crippen molar-refractivity contribution in [2.75, 3.05) is 0 Å². The third-order valence-corrected chi connectivity index (χ3v) is 3.85. The molecule has 0 aromatic heterocycles. The van der Waals surface area contributed by atoms with Crippen molar-refractivity contribution >= 4 is 11.6 Å². The fraction of sp³-hybridized carbons (Fsp3) is 0.529. The van der Waals surface area contributed by atoms with E-state index in [1.54, 1.807) is 24.3 Å². The molecule has 1 aromatic carbocycles. The highest BCUT2D eigenvalue weighted by Crippen LogP contribution is 2.41. The van der Waals surface area contributed by atoms with Gasteiger partial charge in [0, 0.05) is 18.6 Å². The van der Waals surface area contributed by atoms with Gasteiger partial charge in [0.25, 0.3) is 5.72 Å². The van der Waals surface area contributed by atoms with Crippen LogP contribution >= 0.6 is 0 Å². The summed E-state index contributed by atoms with van der Waals surface area (Å²) in [6.45, 7) is 3.68. The molecule has 0 radical (unpaired) electrons. The van der Waals surface area contributed by atoms with Crippen LogP contribution in [0, 0.1) is 5.92 Å². The molecule has 0 saturated heterocycles. The molecule has 1 amide bonds. The van der Waals surface area contributed by atoms with Gasteiger partial charge in [0.1, 0.15) is 0 Å². The molecule has 1 aliphatic heterocycles. The van der Waals surface area contributed by atoms with Crippen molar-refractivity contribution in [2.45, 2.75) is 51.4 Å². The van der Waals surface area contributed by atoms with Crippen LogP contribution in [0.3, 0.4) is 0 Å². The summed E-state index contributed by atoms with van der Waals surface area (Å²) in [5, 5.41) is 14.1. The molecule has 1 aromatic rings. The molecule has 0 unspecified atom stereocenters. The number of benzene rings is 1. The lowest BCUT2D eigenvalue weighted by atomic mass is 9.99. The highest BCUT2D eigenvalue weighted by molar-refractivity contribution is 5.91. The minimum atomic E-state index is -4.96. The molecule has 132 valence electrons. The number of hydrogen-bond acceptors (Lipinski definition) is 3. The lowest BCUT2D eigenvalue weighted by Crippen LogP contribution is -2.56. The summed E-state index contributed by atoms with van der Waals surface area (Å²) in [4.78, 5) is 12.3. The van der Waals surface area contributed by atoms with Crippen LogP contribution in [-0.4, -0.2) is 33.6 Å². The zero-order valence-corrected chi connectivity index (χ0v) is 13.7. The first-order valence-corrected chi connectivity index (χ1v) is 7.86. The van der Waals surface area contributed by atoms with Gasteiger partial charge in [-0.05, 0) is 24.3 Å². The standard InChI is InChI=1S/C17H21F3N2O2/c1-12(2)10-14-11-16(24,17(18,19)20)22(21-14)15(23)9-8-13-6-4-3-5-7-13/h3-7,12,24H,8-11H2,1-2H3/t16-/m1/s1. The van der Waals surface area contributed by atoms with Gasteiger partial charge in [0.05, 0.1) is 0 Å². The summed E-state index contributed by atoms with van der Waals surface area (Å²) >= 11 is 0. The van der Waals surface area contributed by atoms with Gasteiger partial charge >= 0.3 is 6.18 Å². The van der Waals surface area contributed by atoms with Gasteiger partial charge in [-0.15, -0.1) is 0 Å². The Morgan fingerprint density at radius 3 is 2.50 bits per heavy atom. The van der Waals surface area contributed by atoms with Gasteiger partial charge in [-0.2, -0.15) is 23.3 Å². The van der Waals surface area contributed by atoms with Crippen LogP contribution in [0.15, 0.2) is 35.4 Å². The zero-order chi connectivity index (χ0) is 18.0. The molecular formula is C17H21F3N2O2. The lowest BCUT2D eigenvalue weighted by molar-refractivity contribution is -0.302. The van der Waals surface area contributed by atoms with Crippen LogP contribution in [0.1, 0.15) is 38.7 Å². The second kappa shape index (κ2) is 6.93. The molecule has 0 bridgehead atoms. The van der Waals surface area contributed by atoms with Gasteiger partial charge in [-0.3, -0.25) is 4.79 Å². The van der Waals surface area contributed by atoms with Crippen molar-refractivity contribution in [3.8, 4) is 0 Å². The average molecular weight is 342 g/mol. The molecule has 1 aliphatic rings. The van der Waals surface area contributed by atoms with E-state index in [0.717, 1.165) is 5.56 Å². The number of aliphatic hydroxyl groups is 1. The Bertz CT molecular complexity index is 614. The molecule has 24 heavy (non-hydrogen) atoms. The third kappa shape index (κ3) is 3.95. The Balaban J connectivity index is 2.15. The Hall–Kier alpha value is -1.89. The van der Waals surface area contributed by atoms with Crippen molar-refractivity contribution in [1.29, 1.82) is 0 Å². The molecular weight excluding hydrogens is 321 g/mol. The maximum Gasteiger partial charge on any atom is 0.438 e. The van der Waals surface area contributed by atoms with Gasteiger partial charge < -0.3 is 5.11 Å². The average Bonchev–Trinajstić information content (AvgIpc) is 2.83. The van der Waals surface area contributed by atoms with Crippen molar-refractivity contribution in [2.24, 2.45) is 11.0 Å². The largest absolute Gasteiger partial charge is 0.438 e. The molecule has 0 saturated carbocycles. The SMILES string of the molecule is CC(C)CC1=NN(C(=O)CCc2ccccc2)[C@](O)(C(F)(F)F)C1. The first-order chi connectivity index (χ1) is 11.1. The summed E-state index contributed by atoms with van der Waals surface area (Å²) in [5.41, 5.74) is -2.21. The Labute approximate surface area is 139 Å². The molecule has 0 aliphatic carbocycles. The fourth-order valence-corrected chi connectivity index (χ4v) is 2.69. The first-order valence-electron chi connectivity index (χ1n) is 7.86. The molecule has 2 rings (SSSR count). The topological polar surface area (TPSA) is 52.9 Å². The Morgan fingerprint density at radius 2 is 1.96 bits per heavy atom. The maximum absolute atomic E-state index is 13.3. The summed E-state index contributed by atoms with van der Waals surface area (Å²) < 4.78 is 39.9. The van der Waals surface area contributed by atoms with Gasteiger partial charge in [-0.1, -0.05) is 44.2 Å². The molecule has 4 nitrogen and oxygen atoms in total. The highest BCUT2D eigenvalue weighted by atomic mass is 19.4. The number of nitrogens with zero attached hydrogens (tertiary/aromatic N) is 2. The normalized spacial score (nSPS) is 21.3. The monoisotopic (exact) mass is 342 g/mol. The minimum absolute atomic E-state index is 0.0839. The smallest absolute Gasteiger partial charge is 0.362 e. The zero-order valence-electron chi connectivity index (χ0n) is 13.7. The van der Waals surface area contributed by atoms with Crippen molar-refractivity contribution in [1.82, 2.24) is 5.01 Å². The first kappa shape index (κ1) is 18.4. The van der Waals surface area contributed by atoms with Crippen LogP contribution in [0.5, 0.6) is 0 Å². The fourth-order valence-electron chi connectivity index (χ4n) is 2.69. The highest BCUT2D eigenvalue weighted by Gasteiger charge is 2.62. The van der Waals surface area contributed by atoms with Gasteiger partial charge in [0.15, 0.2) is 0 Å². The van der Waals surface area contributed by atoms with E-state index in [-0.39, 0.29) is 23.1 Å². The van der Waals surface area contributed by atoms with Crippen LogP contribution in [-0.2, 0) is 11.2 Å². The van der Waals surface area contributed by atoms with E-state index in [1.807, 2.05) is 19.9 Å². The summed E-state index contributed by atoms with van der Waals surface area (Å²) in [5.74, 6) is -0.752. The van der Waals surface area contributed by atoms with E-state index in [9.17, 15) is 23.1 Å². The van der Waals surface area contributed by atoms with Crippen LogP contribution < -0.4 is 0 Å². The van der Waals surface area contributed by atoms with E-state index < -0.39 is 24.2 Å². The van der Waals surface area contributed by atoms with Crippen LogP contribution in [0.4, 0.5) is 13.2 Å². The number of carbonyl (C=O) groups is 1. The Kier molecular flexibility index (Phi) is 5.32. The van der Waals surface area contributed by atoms with E-state index in [4.69, 9.17) is 0 Å². The van der Waals surface area contributed by atoms with Gasteiger partial charge in [-0.25, -0.2) is 0 Å². The molecule has 1 heterocycles. The maximum atomic E-state index is 13.3. The number of aryl methyl sites for hydroxylation is 1. The quantitative estimate of drug-likeness (QED) is 0.890. The number of alkyl halides is 3. The third-order valence-electron chi connectivity index (χ3n) is 3.85. The number of halogens is 3. The van der Waals surface area contributed by atoms with E-state index in [2.05, 4.69) is 5.10 Å². The predicted octanol–water partition coefficient (Wildman–Crippen LogP) is 3.50. The van der Waals surface area contributed by atoms with E-state index in [1.165, 1.54) is 0 Å². The van der Waals surface area contributed by atoms with E-state index in [0.29, 0.717) is 12.8 Å². The minimum Gasteiger partial charge on any atom is -0.362 e. The summed E-state index contributed by atoms with van der Waals surface area (Å²) in [6.07, 6.45) is -5.20. The number of hydrazone groups is 1. The van der Waals surface area contributed by atoms with Crippen molar-refractivity contribution in [3.05, 3.63) is 35.9 Å². The lowest BCUT2D eigenvalue weighted by Gasteiger charge is -2.32. The van der Waals surface area contributed by atoms with E-state index >= 15 is 0 Å². The second-order valence-electron chi connectivity index (χ2n) is 6.45. The predicted molar refractivity (Wildman–Crippen MR) is 84.1 cm³/mol. The molecule has 1 atom stereocenters. The molecule has 0 fully saturated rings. The van der Waals surface area contributed by atoms with Crippen LogP contribution in [0.25, 0.3) is 0 Å². The van der Waals surface area contributed by atoms with Crippen molar-refractivity contribution < 1.29 is 23.1 Å². The van der Waals surface area contributed by atoms with Crippen LogP contribution in [0.2, 0.25) is 0 Å². The summed E-state index contributed by atoms with van der Waals surface area (Å²) in [6, 6.07) is 8.99.